The highest BCUT2D eigenvalue weighted by atomic mass is 16.6. The minimum absolute atomic E-state index is 0.0525. The Balaban J connectivity index is 0.000000440. The number of esters is 2. The van der Waals surface area contributed by atoms with Crippen LogP contribution in [0.5, 0.6) is 0 Å². The van der Waals surface area contributed by atoms with E-state index in [1.54, 1.807) is 16.7 Å². The number of hydrogen-bond acceptors (Lipinski definition) is 9. The van der Waals surface area contributed by atoms with Crippen LogP contribution in [0.25, 0.3) is 0 Å². The number of ether oxygens (including phenoxy) is 4. The molecule has 2 aliphatic rings. The molecule has 0 radical (unpaired) electrons. The van der Waals surface area contributed by atoms with E-state index in [2.05, 4.69) is 6.92 Å². The molecular formula is C33H60N2O9. The SMILES string of the molecule is CCCCC1(C(=O)OCC)CCN(C(=O)OC(C)(C)C)CC1.CCOC(=O)C1(CCCO)CCN(C(=O)OC(C)(C)C)CC1. The van der Waals surface area contributed by atoms with E-state index in [0.717, 1.165) is 19.3 Å². The number of carbonyl (C=O) groups is 4. The summed E-state index contributed by atoms with van der Waals surface area (Å²) in [6, 6.07) is 0. The van der Waals surface area contributed by atoms with Gasteiger partial charge in [-0.05, 0) is 100 Å². The minimum Gasteiger partial charge on any atom is -0.466 e. The third-order valence-electron chi connectivity index (χ3n) is 7.98. The second kappa shape index (κ2) is 17.8. The number of aliphatic hydroxyl groups is 1. The van der Waals surface area contributed by atoms with Crippen LogP contribution in [-0.4, -0.2) is 96.2 Å². The number of nitrogens with zero attached hydrogens (tertiary/aromatic N) is 2. The van der Waals surface area contributed by atoms with Crippen LogP contribution in [0.4, 0.5) is 9.59 Å². The van der Waals surface area contributed by atoms with E-state index in [1.807, 2.05) is 48.5 Å². The lowest BCUT2D eigenvalue weighted by atomic mass is 9.74. The number of likely N-dealkylation sites (tertiary alicyclic amines) is 2. The van der Waals surface area contributed by atoms with Crippen molar-refractivity contribution in [2.75, 3.05) is 46.0 Å². The molecule has 0 aromatic heterocycles. The zero-order valence-electron chi connectivity index (χ0n) is 28.9. The fraction of sp³-hybridized carbons (Fsp3) is 0.879. The normalized spacial score (nSPS) is 18.0. The lowest BCUT2D eigenvalue weighted by Gasteiger charge is -2.40. The van der Waals surface area contributed by atoms with Crippen molar-refractivity contribution in [1.29, 1.82) is 0 Å². The highest BCUT2D eigenvalue weighted by Crippen LogP contribution is 2.39. The first-order valence-electron chi connectivity index (χ1n) is 16.4. The highest BCUT2D eigenvalue weighted by molar-refractivity contribution is 5.78. The van der Waals surface area contributed by atoms with Gasteiger partial charge in [-0.1, -0.05) is 19.8 Å². The molecular weight excluding hydrogens is 568 g/mol. The first-order valence-corrected chi connectivity index (χ1v) is 16.4. The van der Waals surface area contributed by atoms with Gasteiger partial charge < -0.3 is 33.9 Å². The first-order chi connectivity index (χ1) is 20.5. The molecule has 0 bridgehead atoms. The molecule has 2 fully saturated rings. The van der Waals surface area contributed by atoms with Crippen LogP contribution in [-0.2, 0) is 28.5 Å². The largest absolute Gasteiger partial charge is 0.466 e. The predicted octanol–water partition coefficient (Wildman–Crippen LogP) is 6.10. The summed E-state index contributed by atoms with van der Waals surface area (Å²) in [5, 5.41) is 9.05. The molecule has 0 saturated carbocycles. The molecule has 256 valence electrons. The van der Waals surface area contributed by atoms with Crippen LogP contribution in [0, 0.1) is 10.8 Å². The fourth-order valence-corrected chi connectivity index (χ4v) is 5.50. The van der Waals surface area contributed by atoms with Crippen LogP contribution in [0.2, 0.25) is 0 Å². The Hall–Kier alpha value is -2.56. The summed E-state index contributed by atoms with van der Waals surface area (Å²) in [5.41, 5.74) is -2.03. The first kappa shape index (κ1) is 39.5. The van der Waals surface area contributed by atoms with Gasteiger partial charge in [0.15, 0.2) is 0 Å². The maximum atomic E-state index is 12.4. The number of carbonyl (C=O) groups excluding carboxylic acids is 4. The van der Waals surface area contributed by atoms with Gasteiger partial charge in [-0.15, -0.1) is 0 Å². The maximum Gasteiger partial charge on any atom is 0.410 e. The Labute approximate surface area is 265 Å². The molecule has 2 aliphatic heterocycles. The Morgan fingerprint density at radius 2 is 0.977 bits per heavy atom. The Bertz CT molecular complexity index is 833. The number of piperidine rings is 2. The van der Waals surface area contributed by atoms with Crippen molar-refractivity contribution >= 4 is 24.1 Å². The summed E-state index contributed by atoms with van der Waals surface area (Å²) in [5.74, 6) is -0.320. The standard InChI is InChI=1S/C17H31NO4.C16H29NO5/c1-6-8-9-17(14(19)21-7-2)10-12-18(13-11-17)15(20)22-16(3,4)5;1-5-21-13(19)16(7-6-12-18)8-10-17(11-9-16)14(20)22-15(2,3)4/h6-13H2,1-5H3;18H,5-12H2,1-4H3. The van der Waals surface area contributed by atoms with E-state index >= 15 is 0 Å². The average Bonchev–Trinajstić information content (AvgIpc) is 2.94. The van der Waals surface area contributed by atoms with E-state index in [4.69, 9.17) is 24.1 Å². The Kier molecular flexibility index (Phi) is 16.0. The number of amides is 2. The quantitative estimate of drug-likeness (QED) is 0.225. The summed E-state index contributed by atoms with van der Waals surface area (Å²) >= 11 is 0. The van der Waals surface area contributed by atoms with Gasteiger partial charge in [-0.3, -0.25) is 9.59 Å². The van der Waals surface area contributed by atoms with Crippen molar-refractivity contribution in [2.45, 2.75) is 131 Å². The van der Waals surface area contributed by atoms with E-state index in [1.165, 1.54) is 0 Å². The molecule has 0 aromatic carbocycles. The summed E-state index contributed by atoms with van der Waals surface area (Å²) in [7, 11) is 0. The van der Waals surface area contributed by atoms with Gasteiger partial charge in [0, 0.05) is 32.8 Å². The Morgan fingerprint density at radius 1 is 0.636 bits per heavy atom. The van der Waals surface area contributed by atoms with E-state index in [-0.39, 0.29) is 30.7 Å². The van der Waals surface area contributed by atoms with Crippen molar-refractivity contribution < 1.29 is 43.2 Å². The molecule has 0 aliphatic carbocycles. The van der Waals surface area contributed by atoms with Gasteiger partial charge in [0.25, 0.3) is 0 Å². The second-order valence-electron chi connectivity index (χ2n) is 13.9. The molecule has 0 unspecified atom stereocenters. The van der Waals surface area contributed by atoms with Crippen molar-refractivity contribution in [1.82, 2.24) is 9.80 Å². The van der Waals surface area contributed by atoms with Gasteiger partial charge in [-0.2, -0.15) is 0 Å². The number of hydrogen-bond donors (Lipinski definition) is 1. The van der Waals surface area contributed by atoms with Gasteiger partial charge in [-0.25, -0.2) is 9.59 Å². The number of rotatable bonds is 10. The van der Waals surface area contributed by atoms with Crippen molar-refractivity contribution in [3.8, 4) is 0 Å². The molecule has 2 amide bonds. The zero-order chi connectivity index (χ0) is 33.6. The minimum atomic E-state index is -0.586. The zero-order valence-corrected chi connectivity index (χ0v) is 28.9. The molecule has 11 nitrogen and oxygen atoms in total. The third kappa shape index (κ3) is 12.8. The number of unbranched alkanes of at least 4 members (excludes halogenated alkanes) is 1. The van der Waals surface area contributed by atoms with Crippen LogP contribution in [0.3, 0.4) is 0 Å². The maximum absolute atomic E-state index is 12.4. The van der Waals surface area contributed by atoms with E-state index < -0.39 is 22.0 Å². The second-order valence-corrected chi connectivity index (χ2v) is 13.9. The van der Waals surface area contributed by atoms with Crippen molar-refractivity contribution in [3.63, 3.8) is 0 Å². The van der Waals surface area contributed by atoms with Crippen LogP contribution in [0.1, 0.15) is 120 Å². The van der Waals surface area contributed by atoms with Gasteiger partial charge in [0.1, 0.15) is 11.2 Å². The fourth-order valence-electron chi connectivity index (χ4n) is 5.50. The summed E-state index contributed by atoms with van der Waals surface area (Å²) in [6.07, 6.45) is 5.82. The average molecular weight is 629 g/mol. The van der Waals surface area contributed by atoms with E-state index in [9.17, 15) is 19.2 Å². The molecule has 0 aromatic rings. The van der Waals surface area contributed by atoms with Crippen LogP contribution in [0.15, 0.2) is 0 Å². The molecule has 44 heavy (non-hydrogen) atoms. The molecule has 11 heteroatoms. The molecule has 2 heterocycles. The third-order valence-corrected chi connectivity index (χ3v) is 7.98. The van der Waals surface area contributed by atoms with Crippen LogP contribution >= 0.6 is 0 Å². The van der Waals surface area contributed by atoms with E-state index in [0.29, 0.717) is 77.9 Å². The lowest BCUT2D eigenvalue weighted by Crippen LogP contribution is -2.48. The highest BCUT2D eigenvalue weighted by Gasteiger charge is 2.44. The summed E-state index contributed by atoms with van der Waals surface area (Å²) < 4.78 is 21.3. The molecule has 2 saturated heterocycles. The van der Waals surface area contributed by atoms with Gasteiger partial charge in [0.2, 0.25) is 0 Å². The lowest BCUT2D eigenvalue weighted by molar-refractivity contribution is -0.160. The van der Waals surface area contributed by atoms with Crippen molar-refractivity contribution in [2.24, 2.45) is 10.8 Å². The van der Waals surface area contributed by atoms with Gasteiger partial charge >= 0.3 is 24.1 Å². The van der Waals surface area contributed by atoms with Crippen LogP contribution < -0.4 is 0 Å². The Morgan fingerprint density at radius 3 is 1.25 bits per heavy atom. The molecule has 1 N–H and O–H groups in total. The molecule has 0 atom stereocenters. The van der Waals surface area contributed by atoms with Gasteiger partial charge in [0.05, 0.1) is 24.0 Å². The smallest absolute Gasteiger partial charge is 0.410 e. The summed E-state index contributed by atoms with van der Waals surface area (Å²) in [6.45, 7) is 19.7. The number of aliphatic hydroxyl groups excluding tert-OH is 1. The topological polar surface area (TPSA) is 132 Å². The monoisotopic (exact) mass is 628 g/mol. The van der Waals surface area contributed by atoms with Crippen molar-refractivity contribution in [3.05, 3.63) is 0 Å². The summed E-state index contributed by atoms with van der Waals surface area (Å²) in [4.78, 5) is 52.2. The molecule has 0 spiro atoms. The predicted molar refractivity (Wildman–Crippen MR) is 168 cm³/mol. The molecule has 2 rings (SSSR count).